The normalized spacial score (nSPS) is 11.4. The number of esters is 1. The van der Waals surface area contributed by atoms with Crippen LogP contribution >= 0.6 is 27.5 Å². The molecule has 0 atom stereocenters. The molecule has 40 heavy (non-hydrogen) atoms. The number of carbonyl (C=O) groups excluding carboxylic acids is 1. The van der Waals surface area contributed by atoms with Crippen molar-refractivity contribution in [3.05, 3.63) is 79.0 Å². The molecule has 8 nitrogen and oxygen atoms in total. The molecule has 3 aromatic carbocycles. The number of para-hydroxylation sites is 1. The first-order chi connectivity index (χ1) is 19.1. The van der Waals surface area contributed by atoms with Crippen LogP contribution < -0.4 is 19.8 Å². The molecule has 1 aromatic heterocycles. The maximum atomic E-state index is 13.8. The fraction of sp³-hybridized carbons (Fsp3) is 0.267. The number of hydrogen-bond acceptors (Lipinski definition) is 7. The molecule has 0 aliphatic rings. The van der Waals surface area contributed by atoms with E-state index in [2.05, 4.69) is 34.9 Å². The lowest BCUT2D eigenvalue weighted by Gasteiger charge is -2.17. The van der Waals surface area contributed by atoms with E-state index in [-0.39, 0.29) is 28.0 Å². The summed E-state index contributed by atoms with van der Waals surface area (Å²) in [6.45, 7) is 9.49. The molecule has 0 unspecified atom stereocenters. The Morgan fingerprint density at radius 1 is 1.20 bits per heavy atom. The van der Waals surface area contributed by atoms with E-state index in [4.69, 9.17) is 30.8 Å². The highest BCUT2D eigenvalue weighted by molar-refractivity contribution is 9.10. The van der Waals surface area contributed by atoms with Crippen molar-refractivity contribution >= 4 is 50.6 Å². The first-order valence-corrected chi connectivity index (χ1v) is 13.8. The van der Waals surface area contributed by atoms with E-state index in [9.17, 15) is 9.59 Å². The second-order valence-corrected chi connectivity index (χ2v) is 10.5. The van der Waals surface area contributed by atoms with Gasteiger partial charge in [-0.1, -0.05) is 37.6 Å². The number of benzene rings is 3. The van der Waals surface area contributed by atoms with Crippen LogP contribution in [0.5, 0.6) is 17.2 Å². The minimum absolute atomic E-state index is 0.0975. The first-order valence-electron chi connectivity index (χ1n) is 12.7. The average molecular weight is 627 g/mol. The predicted octanol–water partition coefficient (Wildman–Crippen LogP) is 7.13. The fourth-order valence-electron chi connectivity index (χ4n) is 4.29. The van der Waals surface area contributed by atoms with Crippen molar-refractivity contribution in [3.8, 4) is 28.6 Å². The summed E-state index contributed by atoms with van der Waals surface area (Å²) in [6.07, 6.45) is 1.49. The number of rotatable bonds is 8. The van der Waals surface area contributed by atoms with Crippen LogP contribution in [0.15, 0.2) is 56.8 Å². The number of aromatic nitrogens is 2. The lowest BCUT2D eigenvalue weighted by Crippen LogP contribution is -2.21. The maximum Gasteiger partial charge on any atom is 0.308 e. The Labute approximate surface area is 245 Å². The average Bonchev–Trinajstić information content (AvgIpc) is 2.92. The van der Waals surface area contributed by atoms with Crippen molar-refractivity contribution in [2.24, 2.45) is 5.10 Å². The molecule has 0 radical (unpaired) electrons. The number of fused-ring (bicyclic) bond motifs is 1. The number of ether oxygens (including phenoxy) is 3. The second kappa shape index (κ2) is 12.2. The highest BCUT2D eigenvalue weighted by atomic mass is 79.9. The van der Waals surface area contributed by atoms with Crippen LogP contribution in [0.3, 0.4) is 0 Å². The molecular formula is C30H29BrClN3O5. The quantitative estimate of drug-likeness (QED) is 0.117. The van der Waals surface area contributed by atoms with Gasteiger partial charge in [0, 0.05) is 22.5 Å². The summed E-state index contributed by atoms with van der Waals surface area (Å²) in [5, 5.41) is 5.15. The molecule has 208 valence electrons. The van der Waals surface area contributed by atoms with Gasteiger partial charge in [0.15, 0.2) is 17.3 Å². The molecule has 0 N–H and O–H groups in total. The molecule has 0 saturated heterocycles. The fourth-order valence-corrected chi connectivity index (χ4v) is 4.93. The van der Waals surface area contributed by atoms with Gasteiger partial charge in [0.1, 0.15) is 10.8 Å². The highest BCUT2D eigenvalue weighted by Crippen LogP contribution is 2.42. The number of halogens is 2. The van der Waals surface area contributed by atoms with Crippen LogP contribution in [-0.2, 0) is 4.79 Å². The largest absolute Gasteiger partial charge is 0.496 e. The van der Waals surface area contributed by atoms with Gasteiger partial charge in [-0.25, -0.2) is 4.98 Å². The summed E-state index contributed by atoms with van der Waals surface area (Å²) in [4.78, 5) is 30.3. The van der Waals surface area contributed by atoms with Gasteiger partial charge in [-0.05, 0) is 77.2 Å². The van der Waals surface area contributed by atoms with E-state index in [0.717, 1.165) is 22.4 Å². The van der Waals surface area contributed by atoms with E-state index in [0.29, 0.717) is 33.4 Å². The van der Waals surface area contributed by atoms with E-state index >= 15 is 0 Å². The zero-order chi connectivity index (χ0) is 29.1. The minimum atomic E-state index is -0.537. The van der Waals surface area contributed by atoms with Crippen LogP contribution in [0.4, 0.5) is 0 Å². The van der Waals surface area contributed by atoms with E-state index in [1.165, 1.54) is 17.8 Å². The SMILES string of the molecule is CCOc1cc(C=Nn2c(-c3cc(C(C)C)c(OC)cc3C)nc3ccccc3c2=O)c(Br)c(Cl)c1OC(C)=O. The summed E-state index contributed by atoms with van der Waals surface area (Å²) in [5.41, 5.74) is 3.34. The smallest absolute Gasteiger partial charge is 0.308 e. The van der Waals surface area contributed by atoms with Gasteiger partial charge >= 0.3 is 5.97 Å². The molecular weight excluding hydrogens is 598 g/mol. The lowest BCUT2D eigenvalue weighted by atomic mass is 9.96. The third-order valence-corrected chi connectivity index (χ3v) is 7.65. The minimum Gasteiger partial charge on any atom is -0.496 e. The lowest BCUT2D eigenvalue weighted by molar-refractivity contribution is -0.132. The van der Waals surface area contributed by atoms with Crippen LogP contribution in [-0.4, -0.2) is 35.6 Å². The van der Waals surface area contributed by atoms with Gasteiger partial charge in [-0.15, -0.1) is 0 Å². The summed E-state index contributed by atoms with van der Waals surface area (Å²) in [7, 11) is 1.64. The molecule has 0 bridgehead atoms. The molecule has 4 rings (SSSR count). The number of methoxy groups -OCH3 is 1. The van der Waals surface area contributed by atoms with Crippen molar-refractivity contribution < 1.29 is 19.0 Å². The first kappa shape index (κ1) is 29.3. The maximum absolute atomic E-state index is 13.8. The second-order valence-electron chi connectivity index (χ2n) is 9.33. The predicted molar refractivity (Wildman–Crippen MR) is 161 cm³/mol. The van der Waals surface area contributed by atoms with Gasteiger partial charge in [0.2, 0.25) is 0 Å². The van der Waals surface area contributed by atoms with Gasteiger partial charge in [-0.2, -0.15) is 9.78 Å². The van der Waals surface area contributed by atoms with Crippen LogP contribution in [0.2, 0.25) is 5.02 Å². The van der Waals surface area contributed by atoms with Gasteiger partial charge < -0.3 is 14.2 Å². The Hall–Kier alpha value is -3.69. The third-order valence-electron chi connectivity index (χ3n) is 6.21. The molecule has 4 aromatic rings. The molecule has 0 fully saturated rings. The number of aryl methyl sites for hydroxylation is 1. The Morgan fingerprint density at radius 2 is 1.93 bits per heavy atom. The Balaban J connectivity index is 1.97. The van der Waals surface area contributed by atoms with Crippen LogP contribution in [0, 0.1) is 6.92 Å². The van der Waals surface area contributed by atoms with E-state index in [1.807, 2.05) is 25.1 Å². The van der Waals surface area contributed by atoms with E-state index < -0.39 is 5.97 Å². The summed E-state index contributed by atoms with van der Waals surface area (Å²) in [6, 6.07) is 12.7. The van der Waals surface area contributed by atoms with Gasteiger partial charge in [0.25, 0.3) is 5.56 Å². The Bertz CT molecular complexity index is 1700. The monoisotopic (exact) mass is 625 g/mol. The summed E-state index contributed by atoms with van der Waals surface area (Å²) < 4.78 is 18.3. The molecule has 10 heteroatoms. The van der Waals surface area contributed by atoms with Crippen molar-refractivity contribution in [3.63, 3.8) is 0 Å². The number of nitrogens with zero attached hydrogens (tertiary/aromatic N) is 3. The molecule has 1 heterocycles. The summed E-state index contributed by atoms with van der Waals surface area (Å²) >= 11 is 10.0. The molecule has 0 aliphatic heterocycles. The standard InChI is InChI=1S/C30H29BrClN3O5/c1-7-39-25-13-19(26(31)27(32)28(25)40-18(5)36)15-33-35-29(34-23-11-9-8-10-20(23)30(35)37)22-14-21(16(2)3)24(38-6)12-17(22)4/h8-16H,7H2,1-6H3. The third kappa shape index (κ3) is 5.76. The topological polar surface area (TPSA) is 92.0 Å². The number of hydrogen-bond donors (Lipinski definition) is 0. The Kier molecular flexibility index (Phi) is 8.95. The molecule has 0 amide bonds. The Morgan fingerprint density at radius 3 is 2.58 bits per heavy atom. The van der Waals surface area contributed by atoms with Crippen molar-refractivity contribution in [2.45, 2.75) is 40.5 Å². The van der Waals surface area contributed by atoms with Crippen molar-refractivity contribution in [2.75, 3.05) is 13.7 Å². The molecule has 0 saturated carbocycles. The molecule has 0 spiro atoms. The van der Waals surface area contributed by atoms with Gasteiger partial charge in [-0.3, -0.25) is 9.59 Å². The zero-order valence-corrected chi connectivity index (χ0v) is 25.4. The molecule has 0 aliphatic carbocycles. The highest BCUT2D eigenvalue weighted by Gasteiger charge is 2.21. The zero-order valence-electron chi connectivity index (χ0n) is 23.0. The van der Waals surface area contributed by atoms with Gasteiger partial charge in [0.05, 0.1) is 30.8 Å². The van der Waals surface area contributed by atoms with Crippen LogP contribution in [0.1, 0.15) is 50.3 Å². The summed E-state index contributed by atoms with van der Waals surface area (Å²) in [5.74, 6) is 1.15. The van der Waals surface area contributed by atoms with E-state index in [1.54, 1.807) is 38.3 Å². The number of carbonyl (C=O) groups is 1. The van der Waals surface area contributed by atoms with Crippen molar-refractivity contribution in [1.29, 1.82) is 0 Å². The van der Waals surface area contributed by atoms with Crippen LogP contribution in [0.25, 0.3) is 22.3 Å². The van der Waals surface area contributed by atoms with Crippen molar-refractivity contribution in [1.82, 2.24) is 9.66 Å².